The zero-order valence-corrected chi connectivity index (χ0v) is 17.9. The van der Waals surface area contributed by atoms with E-state index in [2.05, 4.69) is 10.1 Å². The van der Waals surface area contributed by atoms with Gasteiger partial charge in [0.15, 0.2) is 11.4 Å². The van der Waals surface area contributed by atoms with Crippen molar-refractivity contribution in [1.82, 2.24) is 10.1 Å². The molecule has 1 aromatic heterocycles. The Morgan fingerprint density at radius 1 is 1.20 bits per heavy atom. The van der Waals surface area contributed by atoms with Crippen LogP contribution in [0.3, 0.4) is 0 Å². The third-order valence-corrected chi connectivity index (χ3v) is 5.81. The fourth-order valence-corrected chi connectivity index (χ4v) is 3.99. The number of benzene rings is 2. The molecular formula is C23H25ClN2O4. The fraction of sp³-hybridized carbons (Fsp3) is 0.391. The molecule has 3 aromatic rings. The lowest BCUT2D eigenvalue weighted by molar-refractivity contribution is -0.0469. The second-order valence-electron chi connectivity index (χ2n) is 7.52. The van der Waals surface area contributed by atoms with Gasteiger partial charge in [-0.05, 0) is 44.0 Å². The van der Waals surface area contributed by atoms with Crippen LogP contribution in [0.1, 0.15) is 36.5 Å². The minimum atomic E-state index is -0.0829. The van der Waals surface area contributed by atoms with Gasteiger partial charge in [0, 0.05) is 40.7 Å². The number of methoxy groups -OCH3 is 1. The van der Waals surface area contributed by atoms with Crippen molar-refractivity contribution < 1.29 is 18.8 Å². The summed E-state index contributed by atoms with van der Waals surface area (Å²) < 4.78 is 16.8. The summed E-state index contributed by atoms with van der Waals surface area (Å²) in [5, 5.41) is 5.58. The molecule has 1 unspecified atom stereocenters. The summed E-state index contributed by atoms with van der Waals surface area (Å²) in [6.07, 6.45) is 3.57. The van der Waals surface area contributed by atoms with Crippen molar-refractivity contribution in [2.75, 3.05) is 26.8 Å². The highest BCUT2D eigenvalue weighted by atomic mass is 35.5. The highest BCUT2D eigenvalue weighted by Crippen LogP contribution is 2.36. The Kier molecular flexibility index (Phi) is 6.37. The monoisotopic (exact) mass is 428 g/mol. The zero-order valence-electron chi connectivity index (χ0n) is 17.2. The topological polar surface area (TPSA) is 64.8 Å². The number of aromatic nitrogens is 1. The van der Waals surface area contributed by atoms with E-state index in [1.54, 1.807) is 31.4 Å². The van der Waals surface area contributed by atoms with E-state index in [4.69, 9.17) is 25.6 Å². The van der Waals surface area contributed by atoms with E-state index in [0.717, 1.165) is 24.0 Å². The number of hydrogen-bond donors (Lipinski definition) is 0. The third-order valence-electron chi connectivity index (χ3n) is 5.57. The molecule has 1 atom stereocenters. The van der Waals surface area contributed by atoms with Crippen LogP contribution < -0.4 is 4.74 Å². The van der Waals surface area contributed by atoms with Crippen LogP contribution in [0, 0.1) is 0 Å². The SMILES string of the molecule is COc1cc(C(=O)COC(C)N2CCCCC2)ccc1-c1noc2cc(Cl)ccc12. The summed E-state index contributed by atoms with van der Waals surface area (Å²) >= 11 is 6.02. The van der Waals surface area contributed by atoms with Crippen LogP contribution in [-0.4, -0.2) is 48.9 Å². The Morgan fingerprint density at radius 3 is 2.77 bits per heavy atom. The Hall–Kier alpha value is -2.41. The first-order valence-corrected chi connectivity index (χ1v) is 10.6. The molecule has 0 aliphatic carbocycles. The maximum absolute atomic E-state index is 12.7. The molecule has 158 valence electrons. The molecule has 4 rings (SSSR count). The van der Waals surface area contributed by atoms with E-state index >= 15 is 0 Å². The summed E-state index contributed by atoms with van der Waals surface area (Å²) in [5.74, 6) is 0.468. The first kappa shape index (κ1) is 20.8. The summed E-state index contributed by atoms with van der Waals surface area (Å²) in [4.78, 5) is 15.0. The van der Waals surface area contributed by atoms with E-state index in [1.807, 2.05) is 19.1 Å². The van der Waals surface area contributed by atoms with Gasteiger partial charge in [-0.15, -0.1) is 0 Å². The minimum Gasteiger partial charge on any atom is -0.496 e. The zero-order chi connectivity index (χ0) is 21.1. The van der Waals surface area contributed by atoms with Gasteiger partial charge in [-0.1, -0.05) is 29.2 Å². The molecule has 1 saturated heterocycles. The Labute approximate surface area is 180 Å². The van der Waals surface area contributed by atoms with Crippen LogP contribution in [0.2, 0.25) is 5.02 Å². The number of halogens is 1. The smallest absolute Gasteiger partial charge is 0.188 e. The number of carbonyl (C=O) groups is 1. The Bertz CT molecular complexity index is 1040. The molecule has 0 saturated carbocycles. The molecule has 7 heteroatoms. The number of likely N-dealkylation sites (tertiary alicyclic amines) is 1. The number of piperidine rings is 1. The van der Waals surface area contributed by atoms with Gasteiger partial charge in [-0.25, -0.2) is 0 Å². The maximum Gasteiger partial charge on any atom is 0.188 e. The lowest BCUT2D eigenvalue weighted by atomic mass is 10.0. The molecule has 0 bridgehead atoms. The number of rotatable bonds is 7. The van der Waals surface area contributed by atoms with Crippen molar-refractivity contribution >= 4 is 28.4 Å². The molecule has 1 fully saturated rings. The van der Waals surface area contributed by atoms with Gasteiger partial charge in [0.1, 0.15) is 24.3 Å². The van der Waals surface area contributed by atoms with Gasteiger partial charge >= 0.3 is 0 Å². The summed E-state index contributed by atoms with van der Waals surface area (Å²) in [5.41, 5.74) is 2.53. The standard InChI is InChI=1S/C23H25ClN2O4/c1-15(26-10-4-3-5-11-26)29-14-20(27)16-6-8-18(21(12-16)28-2)23-19-9-7-17(24)13-22(19)30-25-23/h6-9,12-13,15H,3-5,10-11,14H2,1-2H3. The molecule has 0 N–H and O–H groups in total. The van der Waals surface area contributed by atoms with E-state index < -0.39 is 0 Å². The highest BCUT2D eigenvalue weighted by molar-refractivity contribution is 6.31. The predicted molar refractivity (Wildman–Crippen MR) is 116 cm³/mol. The minimum absolute atomic E-state index is 0.0333. The van der Waals surface area contributed by atoms with Crippen molar-refractivity contribution in [3.05, 3.63) is 47.0 Å². The van der Waals surface area contributed by atoms with Crippen LogP contribution in [0.25, 0.3) is 22.2 Å². The molecule has 2 heterocycles. The van der Waals surface area contributed by atoms with Gasteiger partial charge in [0.05, 0.1) is 7.11 Å². The van der Waals surface area contributed by atoms with Gasteiger partial charge in [0.2, 0.25) is 0 Å². The summed E-state index contributed by atoms with van der Waals surface area (Å²) in [6.45, 7) is 4.08. The number of fused-ring (bicyclic) bond motifs is 1. The van der Waals surface area contributed by atoms with Crippen LogP contribution in [0.15, 0.2) is 40.9 Å². The van der Waals surface area contributed by atoms with Crippen molar-refractivity contribution in [2.24, 2.45) is 0 Å². The summed E-state index contributed by atoms with van der Waals surface area (Å²) in [7, 11) is 1.57. The van der Waals surface area contributed by atoms with Crippen LogP contribution in [-0.2, 0) is 4.74 Å². The van der Waals surface area contributed by atoms with Gasteiger partial charge in [-0.3, -0.25) is 9.69 Å². The number of Topliss-reactive ketones (excluding diaryl/α,β-unsaturated/α-hetero) is 1. The molecule has 0 spiro atoms. The van der Waals surface area contributed by atoms with Crippen molar-refractivity contribution in [2.45, 2.75) is 32.4 Å². The second kappa shape index (κ2) is 9.16. The van der Waals surface area contributed by atoms with E-state index in [-0.39, 0.29) is 18.6 Å². The molecule has 6 nitrogen and oxygen atoms in total. The Morgan fingerprint density at radius 2 is 2.00 bits per heavy atom. The largest absolute Gasteiger partial charge is 0.496 e. The first-order valence-electron chi connectivity index (χ1n) is 10.2. The average molecular weight is 429 g/mol. The first-order chi connectivity index (χ1) is 14.6. The molecule has 2 aromatic carbocycles. The highest BCUT2D eigenvalue weighted by Gasteiger charge is 2.20. The quantitative estimate of drug-likeness (QED) is 0.482. The van der Waals surface area contributed by atoms with Crippen molar-refractivity contribution in [1.29, 1.82) is 0 Å². The number of hydrogen-bond acceptors (Lipinski definition) is 6. The molecule has 1 aliphatic rings. The van der Waals surface area contributed by atoms with E-state index in [1.165, 1.54) is 19.3 Å². The molecule has 0 amide bonds. The number of carbonyl (C=O) groups excluding carboxylic acids is 1. The van der Waals surface area contributed by atoms with E-state index in [0.29, 0.717) is 27.6 Å². The molecule has 0 radical (unpaired) electrons. The van der Waals surface area contributed by atoms with Crippen LogP contribution in [0.5, 0.6) is 5.75 Å². The van der Waals surface area contributed by atoms with E-state index in [9.17, 15) is 4.79 Å². The van der Waals surface area contributed by atoms with Crippen molar-refractivity contribution in [3.63, 3.8) is 0 Å². The van der Waals surface area contributed by atoms with Gasteiger partial charge < -0.3 is 14.0 Å². The Balaban J connectivity index is 1.50. The molecule has 30 heavy (non-hydrogen) atoms. The van der Waals surface area contributed by atoms with Crippen LogP contribution in [0.4, 0.5) is 0 Å². The average Bonchev–Trinajstić information content (AvgIpc) is 3.20. The van der Waals surface area contributed by atoms with Crippen molar-refractivity contribution in [3.8, 4) is 17.0 Å². The maximum atomic E-state index is 12.7. The van der Waals surface area contributed by atoms with Crippen LogP contribution >= 0.6 is 11.6 Å². The molecular weight excluding hydrogens is 404 g/mol. The number of ketones is 1. The second-order valence-corrected chi connectivity index (χ2v) is 7.95. The molecule has 1 aliphatic heterocycles. The third kappa shape index (κ3) is 4.36. The number of nitrogens with zero attached hydrogens (tertiary/aromatic N) is 2. The number of ether oxygens (including phenoxy) is 2. The summed E-state index contributed by atoms with van der Waals surface area (Å²) in [6, 6.07) is 10.7. The lowest BCUT2D eigenvalue weighted by Crippen LogP contribution is -2.39. The normalized spacial score (nSPS) is 16.0. The van der Waals surface area contributed by atoms with Gasteiger partial charge in [-0.2, -0.15) is 0 Å². The predicted octanol–water partition coefficient (Wildman–Crippen LogP) is 5.19. The fourth-order valence-electron chi connectivity index (χ4n) is 3.83. The van der Waals surface area contributed by atoms with Gasteiger partial charge in [0.25, 0.3) is 0 Å². The lowest BCUT2D eigenvalue weighted by Gasteiger charge is -2.31.